The number of quaternary nitrogens is 2. The lowest BCUT2D eigenvalue weighted by Crippen LogP contribution is -2.17. The number of rotatable bonds is 8. The third-order valence-electron chi connectivity index (χ3n) is 2.18. The molecule has 0 aliphatic rings. The van der Waals surface area contributed by atoms with Gasteiger partial charge in [-0.15, -0.1) is 0 Å². The first-order valence-electron chi connectivity index (χ1n) is 5.02. The molecule has 0 fully saturated rings. The monoisotopic (exact) mass is 238 g/mol. The molecule has 0 spiro atoms. The maximum Gasteiger partial charge on any atom is 0.307 e. The molecule has 0 heterocycles. The SMILES string of the molecule is CCCCCC[C@@H](CC(=O)O)C(=O)O.[NH4+].[NH4+]. The third-order valence-corrected chi connectivity index (χ3v) is 2.18. The molecule has 98 valence electrons. The highest BCUT2D eigenvalue weighted by Gasteiger charge is 2.19. The van der Waals surface area contributed by atoms with Gasteiger partial charge >= 0.3 is 11.9 Å². The second-order valence-corrected chi connectivity index (χ2v) is 3.48. The van der Waals surface area contributed by atoms with Crippen molar-refractivity contribution in [3.05, 3.63) is 0 Å². The summed E-state index contributed by atoms with van der Waals surface area (Å²) in [7, 11) is 0. The van der Waals surface area contributed by atoms with E-state index in [4.69, 9.17) is 10.2 Å². The van der Waals surface area contributed by atoms with Crippen molar-refractivity contribution >= 4 is 11.9 Å². The molecule has 0 aromatic rings. The van der Waals surface area contributed by atoms with Gasteiger partial charge in [0.15, 0.2) is 0 Å². The van der Waals surface area contributed by atoms with Crippen LogP contribution >= 0.6 is 0 Å². The van der Waals surface area contributed by atoms with Gasteiger partial charge in [0.1, 0.15) is 0 Å². The van der Waals surface area contributed by atoms with E-state index in [1.165, 1.54) is 0 Å². The molecule has 0 amide bonds. The van der Waals surface area contributed by atoms with Crippen molar-refractivity contribution in [2.45, 2.75) is 45.4 Å². The lowest BCUT2D eigenvalue weighted by molar-refractivity contribution is -0.148. The Morgan fingerprint density at radius 3 is 2.00 bits per heavy atom. The number of hydrogen-bond acceptors (Lipinski definition) is 2. The van der Waals surface area contributed by atoms with Crippen LogP contribution in [0.25, 0.3) is 0 Å². The number of carboxylic acid groups (broad SMARTS) is 2. The molecule has 0 radical (unpaired) electrons. The number of unbranched alkanes of at least 4 members (excludes halogenated alkanes) is 3. The summed E-state index contributed by atoms with van der Waals surface area (Å²) in [5, 5.41) is 17.2. The van der Waals surface area contributed by atoms with Crippen LogP contribution in [-0.2, 0) is 9.59 Å². The molecule has 6 heteroatoms. The second kappa shape index (κ2) is 11.9. The van der Waals surface area contributed by atoms with Gasteiger partial charge in [0.05, 0.1) is 12.3 Å². The maximum absolute atomic E-state index is 10.6. The minimum atomic E-state index is -1.03. The smallest absolute Gasteiger partial charge is 0.307 e. The van der Waals surface area contributed by atoms with Gasteiger partial charge < -0.3 is 22.5 Å². The predicted octanol–water partition coefficient (Wildman–Crippen LogP) is 2.88. The highest BCUT2D eigenvalue weighted by atomic mass is 16.4. The van der Waals surface area contributed by atoms with Crippen molar-refractivity contribution in [3.63, 3.8) is 0 Å². The summed E-state index contributed by atoms with van der Waals surface area (Å²) in [4.78, 5) is 21.0. The van der Waals surface area contributed by atoms with E-state index in [0.717, 1.165) is 25.7 Å². The molecule has 0 aliphatic heterocycles. The first-order chi connectivity index (χ1) is 6.57. The summed E-state index contributed by atoms with van der Waals surface area (Å²) < 4.78 is 0. The first-order valence-corrected chi connectivity index (χ1v) is 5.02. The standard InChI is InChI=1S/C10H18O4.2H3N/c1-2-3-4-5-6-8(10(13)14)7-9(11)12;;/h8H,2-7H2,1H3,(H,11,12)(H,13,14);2*1H3/p+2/t8-;;/m0../s1. The zero-order valence-electron chi connectivity index (χ0n) is 10.5. The van der Waals surface area contributed by atoms with E-state index in [2.05, 4.69) is 6.92 Å². The molecule has 16 heavy (non-hydrogen) atoms. The van der Waals surface area contributed by atoms with Crippen molar-refractivity contribution in [3.8, 4) is 0 Å². The summed E-state index contributed by atoms with van der Waals surface area (Å²) in [6.07, 6.45) is 4.18. The van der Waals surface area contributed by atoms with E-state index >= 15 is 0 Å². The Hall–Kier alpha value is -1.14. The van der Waals surface area contributed by atoms with Crippen LogP contribution in [0.5, 0.6) is 0 Å². The minimum Gasteiger partial charge on any atom is -0.481 e. The highest BCUT2D eigenvalue weighted by molar-refractivity contribution is 5.77. The average molecular weight is 238 g/mol. The Balaban J connectivity index is -0.000000845. The van der Waals surface area contributed by atoms with Crippen LogP contribution in [0.1, 0.15) is 45.4 Å². The fraction of sp³-hybridized carbons (Fsp3) is 0.800. The van der Waals surface area contributed by atoms with Gasteiger partial charge in [-0.05, 0) is 6.42 Å². The van der Waals surface area contributed by atoms with E-state index in [-0.39, 0.29) is 18.7 Å². The predicted molar refractivity (Wildman–Crippen MR) is 64.1 cm³/mol. The van der Waals surface area contributed by atoms with Crippen LogP contribution in [0, 0.1) is 5.92 Å². The van der Waals surface area contributed by atoms with Gasteiger partial charge in [0, 0.05) is 0 Å². The zero-order chi connectivity index (χ0) is 11.0. The molecule has 0 unspecified atom stereocenters. The van der Waals surface area contributed by atoms with Crippen LogP contribution < -0.4 is 12.3 Å². The Morgan fingerprint density at radius 1 is 1.06 bits per heavy atom. The fourth-order valence-corrected chi connectivity index (χ4v) is 1.34. The topological polar surface area (TPSA) is 148 Å². The second-order valence-electron chi connectivity index (χ2n) is 3.48. The molecule has 0 rings (SSSR count). The molecule has 0 aromatic carbocycles. The molecule has 1 atom stereocenters. The van der Waals surface area contributed by atoms with Gasteiger partial charge in [-0.25, -0.2) is 0 Å². The molecule has 6 nitrogen and oxygen atoms in total. The van der Waals surface area contributed by atoms with Crippen LogP contribution in [0.4, 0.5) is 0 Å². The third kappa shape index (κ3) is 10.9. The van der Waals surface area contributed by atoms with Crippen LogP contribution in [-0.4, -0.2) is 22.2 Å². The number of carbonyl (C=O) groups is 2. The minimum absolute atomic E-state index is 0. The number of aliphatic carboxylic acids is 2. The number of carboxylic acids is 2. The molecule has 0 aromatic heterocycles. The zero-order valence-corrected chi connectivity index (χ0v) is 10.5. The molecule has 10 N–H and O–H groups in total. The Kier molecular flexibility index (Phi) is 15.1. The van der Waals surface area contributed by atoms with Gasteiger partial charge in [-0.2, -0.15) is 0 Å². The molecule has 0 saturated carbocycles. The van der Waals surface area contributed by atoms with Gasteiger partial charge in [0.2, 0.25) is 0 Å². The quantitative estimate of drug-likeness (QED) is 0.481. The summed E-state index contributed by atoms with van der Waals surface area (Å²) in [6.45, 7) is 2.08. The molecular weight excluding hydrogens is 212 g/mol. The Labute approximate surface area is 96.2 Å². The molecular formula is C10H26N2O4+2. The van der Waals surface area contributed by atoms with Crippen LogP contribution in [0.3, 0.4) is 0 Å². The summed E-state index contributed by atoms with van der Waals surface area (Å²) in [6, 6.07) is 0. The van der Waals surface area contributed by atoms with Crippen molar-refractivity contribution in [1.82, 2.24) is 12.3 Å². The van der Waals surface area contributed by atoms with Crippen molar-refractivity contribution in [2.24, 2.45) is 5.92 Å². The van der Waals surface area contributed by atoms with Gasteiger partial charge in [-0.1, -0.05) is 32.6 Å². The Morgan fingerprint density at radius 2 is 1.62 bits per heavy atom. The highest BCUT2D eigenvalue weighted by Crippen LogP contribution is 2.14. The maximum atomic E-state index is 10.6. The normalized spacial score (nSPS) is 10.8. The molecule has 0 saturated heterocycles. The summed E-state index contributed by atoms with van der Waals surface area (Å²) >= 11 is 0. The summed E-state index contributed by atoms with van der Waals surface area (Å²) in [5.74, 6) is -2.75. The fourth-order valence-electron chi connectivity index (χ4n) is 1.34. The lowest BCUT2D eigenvalue weighted by atomic mass is 9.98. The van der Waals surface area contributed by atoms with E-state index in [0.29, 0.717) is 6.42 Å². The van der Waals surface area contributed by atoms with Crippen molar-refractivity contribution < 1.29 is 19.8 Å². The van der Waals surface area contributed by atoms with Crippen LogP contribution in [0.15, 0.2) is 0 Å². The van der Waals surface area contributed by atoms with Gasteiger partial charge in [-0.3, -0.25) is 9.59 Å². The Bertz CT molecular complexity index is 197. The van der Waals surface area contributed by atoms with E-state index in [1.807, 2.05) is 0 Å². The lowest BCUT2D eigenvalue weighted by Gasteiger charge is -2.08. The van der Waals surface area contributed by atoms with Gasteiger partial charge in [0.25, 0.3) is 0 Å². The first kappa shape index (κ1) is 20.3. The molecule has 0 aliphatic carbocycles. The van der Waals surface area contributed by atoms with Crippen LogP contribution in [0.2, 0.25) is 0 Å². The molecule has 0 bridgehead atoms. The largest absolute Gasteiger partial charge is 0.481 e. The van der Waals surface area contributed by atoms with E-state index < -0.39 is 17.9 Å². The van der Waals surface area contributed by atoms with E-state index in [1.54, 1.807) is 0 Å². The van der Waals surface area contributed by atoms with E-state index in [9.17, 15) is 9.59 Å². The van der Waals surface area contributed by atoms with Crippen molar-refractivity contribution in [1.29, 1.82) is 0 Å². The average Bonchev–Trinajstić information content (AvgIpc) is 2.09. The summed E-state index contributed by atoms with van der Waals surface area (Å²) in [5.41, 5.74) is 0. The number of hydrogen-bond donors (Lipinski definition) is 4. The van der Waals surface area contributed by atoms with Crippen molar-refractivity contribution in [2.75, 3.05) is 0 Å².